The van der Waals surface area contributed by atoms with Crippen LogP contribution in [0.2, 0.25) is 0 Å². The quantitative estimate of drug-likeness (QED) is 0.604. The first-order valence-corrected chi connectivity index (χ1v) is 6.30. The third-order valence-electron chi connectivity index (χ3n) is 3.63. The molecule has 98 valence electrons. The molecule has 1 aliphatic heterocycles. The van der Waals surface area contributed by atoms with Crippen molar-refractivity contribution in [3.8, 4) is 0 Å². The molecule has 0 saturated heterocycles. The predicted octanol–water partition coefficient (Wildman–Crippen LogP) is 2.41. The van der Waals surface area contributed by atoms with Crippen molar-refractivity contribution >= 4 is 5.78 Å². The van der Waals surface area contributed by atoms with Crippen LogP contribution in [0.3, 0.4) is 0 Å². The van der Waals surface area contributed by atoms with Crippen LogP contribution in [-0.2, 0) is 9.53 Å². The molecule has 5 nitrogen and oxygen atoms in total. The van der Waals surface area contributed by atoms with Gasteiger partial charge in [0.2, 0.25) is 0 Å². The van der Waals surface area contributed by atoms with Crippen molar-refractivity contribution in [2.45, 2.75) is 31.4 Å². The first kappa shape index (κ1) is 11.9. The molecule has 1 heterocycles. The Morgan fingerprint density at radius 1 is 1.21 bits per heavy atom. The van der Waals surface area contributed by atoms with Gasteiger partial charge in [0, 0.05) is 12.8 Å². The molecule has 0 fully saturated rings. The lowest BCUT2D eigenvalue weighted by atomic mass is 9.84. The standard InChI is InChI=1S/C14H13NO4/c16-10-7-4-8-11-13(10)12(14(19-11)15(17)18)9-5-2-1-3-6-9/h1-3,5-6,12,14H,4,7-8H2/t12-,14-/m1/s1. The molecular weight excluding hydrogens is 246 g/mol. The molecule has 0 saturated carbocycles. The van der Waals surface area contributed by atoms with Crippen LogP contribution in [0.15, 0.2) is 41.7 Å². The van der Waals surface area contributed by atoms with Crippen molar-refractivity contribution in [2.75, 3.05) is 0 Å². The SMILES string of the molecule is O=C1CCCC2=C1[C@@H](c1ccccc1)[C@H]([N+](=O)[O-])O2. The van der Waals surface area contributed by atoms with Gasteiger partial charge in [-0.2, -0.15) is 0 Å². The zero-order chi connectivity index (χ0) is 13.4. The van der Waals surface area contributed by atoms with E-state index in [-0.39, 0.29) is 5.78 Å². The van der Waals surface area contributed by atoms with E-state index in [9.17, 15) is 14.9 Å². The maximum Gasteiger partial charge on any atom is 0.364 e. The van der Waals surface area contributed by atoms with E-state index in [1.165, 1.54) is 0 Å². The van der Waals surface area contributed by atoms with E-state index in [0.29, 0.717) is 30.6 Å². The Labute approximate surface area is 110 Å². The maximum absolute atomic E-state index is 12.1. The second kappa shape index (κ2) is 4.50. The summed E-state index contributed by atoms with van der Waals surface area (Å²) in [6.45, 7) is 0. The molecular formula is C14H13NO4. The Morgan fingerprint density at radius 3 is 2.63 bits per heavy atom. The number of ketones is 1. The van der Waals surface area contributed by atoms with Crippen LogP contribution in [0.1, 0.15) is 30.7 Å². The highest BCUT2D eigenvalue weighted by atomic mass is 16.7. The highest BCUT2D eigenvalue weighted by Crippen LogP contribution is 2.43. The minimum Gasteiger partial charge on any atom is -0.433 e. The second-order valence-corrected chi connectivity index (χ2v) is 4.80. The van der Waals surface area contributed by atoms with Gasteiger partial charge in [-0.05, 0) is 12.0 Å². The average molecular weight is 259 g/mol. The van der Waals surface area contributed by atoms with E-state index >= 15 is 0 Å². The van der Waals surface area contributed by atoms with Crippen molar-refractivity contribution in [2.24, 2.45) is 0 Å². The summed E-state index contributed by atoms with van der Waals surface area (Å²) in [5.41, 5.74) is 1.28. The molecule has 0 spiro atoms. The van der Waals surface area contributed by atoms with Gasteiger partial charge in [-0.1, -0.05) is 30.3 Å². The molecule has 1 aromatic rings. The summed E-state index contributed by atoms with van der Waals surface area (Å²) >= 11 is 0. The molecule has 1 aromatic carbocycles. The zero-order valence-electron chi connectivity index (χ0n) is 10.2. The van der Waals surface area contributed by atoms with Crippen molar-refractivity contribution in [1.82, 2.24) is 0 Å². The van der Waals surface area contributed by atoms with E-state index in [1.807, 2.05) is 30.3 Å². The number of benzene rings is 1. The van der Waals surface area contributed by atoms with Crippen LogP contribution in [0.5, 0.6) is 0 Å². The number of Topliss-reactive ketones (excluding diaryl/α,β-unsaturated/α-hetero) is 1. The monoisotopic (exact) mass is 259 g/mol. The van der Waals surface area contributed by atoms with Crippen molar-refractivity contribution < 1.29 is 14.5 Å². The van der Waals surface area contributed by atoms with Gasteiger partial charge in [0.1, 0.15) is 11.7 Å². The van der Waals surface area contributed by atoms with Gasteiger partial charge in [-0.15, -0.1) is 0 Å². The summed E-state index contributed by atoms with van der Waals surface area (Å²) in [5, 5.41) is 11.2. The number of carbonyl (C=O) groups excluding carboxylic acids is 1. The number of rotatable bonds is 2. The Hall–Kier alpha value is -2.17. The van der Waals surface area contributed by atoms with Gasteiger partial charge in [-0.25, -0.2) is 0 Å². The van der Waals surface area contributed by atoms with Gasteiger partial charge in [0.25, 0.3) is 0 Å². The molecule has 1 aliphatic carbocycles. The van der Waals surface area contributed by atoms with Gasteiger partial charge < -0.3 is 4.74 Å². The van der Waals surface area contributed by atoms with Crippen molar-refractivity contribution in [3.05, 3.63) is 57.3 Å². The Bertz CT molecular complexity index is 564. The summed E-state index contributed by atoms with van der Waals surface area (Å²) in [4.78, 5) is 22.8. The third kappa shape index (κ3) is 1.91. The zero-order valence-corrected chi connectivity index (χ0v) is 10.2. The molecule has 5 heteroatoms. The summed E-state index contributed by atoms with van der Waals surface area (Å²) in [5.74, 6) is -0.0646. The fraction of sp³-hybridized carbons (Fsp3) is 0.357. The molecule has 0 aromatic heterocycles. The summed E-state index contributed by atoms with van der Waals surface area (Å²) in [6, 6.07) is 9.10. The average Bonchev–Trinajstić information content (AvgIpc) is 2.81. The van der Waals surface area contributed by atoms with Crippen LogP contribution in [0.25, 0.3) is 0 Å². The van der Waals surface area contributed by atoms with Crippen molar-refractivity contribution in [3.63, 3.8) is 0 Å². The highest BCUT2D eigenvalue weighted by Gasteiger charge is 2.48. The molecule has 0 bridgehead atoms. The molecule has 19 heavy (non-hydrogen) atoms. The smallest absolute Gasteiger partial charge is 0.364 e. The molecule has 0 radical (unpaired) electrons. The third-order valence-corrected chi connectivity index (χ3v) is 3.63. The highest BCUT2D eigenvalue weighted by molar-refractivity contribution is 5.98. The van der Waals surface area contributed by atoms with E-state index < -0.39 is 17.1 Å². The summed E-state index contributed by atoms with van der Waals surface area (Å²) in [6.07, 6.45) is 0.614. The van der Waals surface area contributed by atoms with Crippen LogP contribution in [-0.4, -0.2) is 16.9 Å². The van der Waals surface area contributed by atoms with Gasteiger partial charge in [0.15, 0.2) is 5.78 Å². The lowest BCUT2D eigenvalue weighted by molar-refractivity contribution is -0.570. The molecule has 0 N–H and O–H groups in total. The number of nitrogens with zero attached hydrogens (tertiary/aromatic N) is 1. The van der Waals surface area contributed by atoms with Crippen LogP contribution in [0.4, 0.5) is 0 Å². The lowest BCUT2D eigenvalue weighted by Crippen LogP contribution is -2.27. The number of carbonyl (C=O) groups is 1. The van der Waals surface area contributed by atoms with Crippen LogP contribution in [0, 0.1) is 10.1 Å². The fourth-order valence-corrected chi connectivity index (χ4v) is 2.82. The van der Waals surface area contributed by atoms with E-state index in [2.05, 4.69) is 0 Å². The van der Waals surface area contributed by atoms with Gasteiger partial charge >= 0.3 is 6.23 Å². The minimum atomic E-state index is -1.17. The minimum absolute atomic E-state index is 0.0144. The number of hydrogen-bond donors (Lipinski definition) is 0. The Kier molecular flexibility index (Phi) is 2.81. The van der Waals surface area contributed by atoms with Gasteiger partial charge in [-0.3, -0.25) is 14.9 Å². The molecule has 0 amide bonds. The lowest BCUT2D eigenvalue weighted by Gasteiger charge is -2.15. The van der Waals surface area contributed by atoms with Crippen molar-refractivity contribution in [1.29, 1.82) is 0 Å². The van der Waals surface area contributed by atoms with E-state index in [4.69, 9.17) is 4.74 Å². The Balaban J connectivity index is 2.08. The number of hydrogen-bond acceptors (Lipinski definition) is 4. The summed E-state index contributed by atoms with van der Waals surface area (Å²) < 4.78 is 5.42. The number of nitro groups is 1. The van der Waals surface area contributed by atoms with Crippen LogP contribution < -0.4 is 0 Å². The van der Waals surface area contributed by atoms with E-state index in [1.54, 1.807) is 0 Å². The van der Waals surface area contributed by atoms with Gasteiger partial charge in [0.05, 0.1) is 10.5 Å². The number of allylic oxidation sites excluding steroid dienone is 1. The first-order chi connectivity index (χ1) is 9.18. The molecule has 2 atom stereocenters. The Morgan fingerprint density at radius 2 is 1.95 bits per heavy atom. The molecule has 0 unspecified atom stereocenters. The largest absolute Gasteiger partial charge is 0.433 e. The summed E-state index contributed by atoms with van der Waals surface area (Å²) in [7, 11) is 0. The predicted molar refractivity (Wildman–Crippen MR) is 66.9 cm³/mol. The topological polar surface area (TPSA) is 69.4 Å². The fourth-order valence-electron chi connectivity index (χ4n) is 2.82. The normalized spacial score (nSPS) is 26.0. The molecule has 3 rings (SSSR count). The molecule has 2 aliphatic rings. The first-order valence-electron chi connectivity index (χ1n) is 6.30. The van der Waals surface area contributed by atoms with Crippen LogP contribution >= 0.6 is 0 Å². The van der Waals surface area contributed by atoms with E-state index in [0.717, 1.165) is 5.56 Å². The second-order valence-electron chi connectivity index (χ2n) is 4.80. The number of ether oxygens (including phenoxy) is 1. The maximum atomic E-state index is 12.1.